The van der Waals surface area contributed by atoms with Gasteiger partial charge in [-0.1, -0.05) is 12.1 Å². The second-order valence-corrected chi connectivity index (χ2v) is 8.00. The molecule has 27 heavy (non-hydrogen) atoms. The Morgan fingerprint density at radius 3 is 2.48 bits per heavy atom. The SMILES string of the molecule is CN1CCN([C@@H]2CCN(C(=O)Cc3ccc(O)cc3)C[C@@H]2CCCO)CC1. The molecule has 2 saturated heterocycles. The number of carbonyl (C=O) groups is 1. The number of carbonyl (C=O) groups excluding carboxylic acids is 1. The van der Waals surface area contributed by atoms with Crippen LogP contribution in [0.1, 0.15) is 24.8 Å². The highest BCUT2D eigenvalue weighted by molar-refractivity contribution is 5.79. The molecule has 0 unspecified atom stereocenters. The van der Waals surface area contributed by atoms with Gasteiger partial charge in [-0.25, -0.2) is 0 Å². The number of aromatic hydroxyl groups is 1. The maximum absolute atomic E-state index is 12.8. The Hall–Kier alpha value is -1.63. The van der Waals surface area contributed by atoms with Gasteiger partial charge in [-0.05, 0) is 49.9 Å². The van der Waals surface area contributed by atoms with Crippen LogP contribution in [-0.2, 0) is 11.2 Å². The molecule has 2 atom stereocenters. The van der Waals surface area contributed by atoms with E-state index in [-0.39, 0.29) is 18.3 Å². The molecule has 150 valence electrons. The number of aliphatic hydroxyl groups is 1. The summed E-state index contributed by atoms with van der Waals surface area (Å²) in [7, 11) is 2.17. The third kappa shape index (κ3) is 5.43. The van der Waals surface area contributed by atoms with Crippen molar-refractivity contribution in [3.05, 3.63) is 29.8 Å². The molecular formula is C21H33N3O3. The number of piperidine rings is 1. The van der Waals surface area contributed by atoms with Gasteiger partial charge in [0, 0.05) is 51.9 Å². The van der Waals surface area contributed by atoms with E-state index < -0.39 is 0 Å². The molecule has 1 amide bonds. The second-order valence-electron chi connectivity index (χ2n) is 8.00. The van der Waals surface area contributed by atoms with Crippen LogP contribution in [0.5, 0.6) is 5.75 Å². The first-order chi connectivity index (χ1) is 13.1. The zero-order chi connectivity index (χ0) is 19.2. The number of aliphatic hydroxyl groups excluding tert-OH is 1. The standard InChI is InChI=1S/C21H33N3O3/c1-22-10-12-23(13-11-22)20-8-9-24(16-18(20)3-2-14-25)21(27)15-17-4-6-19(26)7-5-17/h4-7,18,20,25-26H,2-3,8-16H2,1H3/t18-,20+/m0/s1. The van der Waals surface area contributed by atoms with Crippen LogP contribution in [0.2, 0.25) is 0 Å². The number of hydrogen-bond donors (Lipinski definition) is 2. The molecule has 1 aromatic rings. The van der Waals surface area contributed by atoms with Gasteiger partial charge < -0.3 is 20.0 Å². The maximum atomic E-state index is 12.8. The van der Waals surface area contributed by atoms with Gasteiger partial charge >= 0.3 is 0 Å². The van der Waals surface area contributed by atoms with Crippen LogP contribution in [0, 0.1) is 5.92 Å². The molecule has 0 bridgehead atoms. The Bertz CT molecular complexity index is 599. The summed E-state index contributed by atoms with van der Waals surface area (Å²) < 4.78 is 0. The summed E-state index contributed by atoms with van der Waals surface area (Å²) in [5, 5.41) is 18.7. The molecule has 2 heterocycles. The van der Waals surface area contributed by atoms with Crippen molar-refractivity contribution >= 4 is 5.91 Å². The molecule has 2 aliphatic rings. The minimum Gasteiger partial charge on any atom is -0.508 e. The first-order valence-electron chi connectivity index (χ1n) is 10.2. The average Bonchev–Trinajstić information content (AvgIpc) is 2.68. The summed E-state index contributed by atoms with van der Waals surface area (Å²) in [6, 6.07) is 7.41. The maximum Gasteiger partial charge on any atom is 0.227 e. The van der Waals surface area contributed by atoms with Crippen LogP contribution in [-0.4, -0.2) is 89.8 Å². The first-order valence-corrected chi connectivity index (χ1v) is 10.2. The van der Waals surface area contributed by atoms with Crippen molar-refractivity contribution in [3.63, 3.8) is 0 Å². The summed E-state index contributed by atoms with van der Waals surface area (Å²) in [5.41, 5.74) is 0.936. The molecule has 2 fully saturated rings. The lowest BCUT2D eigenvalue weighted by molar-refractivity contribution is -0.133. The molecule has 3 rings (SSSR count). The fourth-order valence-electron chi connectivity index (χ4n) is 4.42. The van der Waals surface area contributed by atoms with Crippen LogP contribution in [0.15, 0.2) is 24.3 Å². The molecule has 0 saturated carbocycles. The number of rotatable bonds is 6. The van der Waals surface area contributed by atoms with E-state index in [2.05, 4.69) is 16.8 Å². The second kappa shape index (κ2) is 9.53. The average molecular weight is 376 g/mol. The smallest absolute Gasteiger partial charge is 0.227 e. The molecule has 6 nitrogen and oxygen atoms in total. The van der Waals surface area contributed by atoms with Gasteiger partial charge in [-0.15, -0.1) is 0 Å². The highest BCUT2D eigenvalue weighted by atomic mass is 16.3. The molecule has 0 radical (unpaired) electrons. The van der Waals surface area contributed by atoms with E-state index in [0.29, 0.717) is 18.4 Å². The molecule has 2 N–H and O–H groups in total. The predicted molar refractivity (Wildman–Crippen MR) is 106 cm³/mol. The Morgan fingerprint density at radius 1 is 1.11 bits per heavy atom. The summed E-state index contributed by atoms with van der Waals surface area (Å²) >= 11 is 0. The lowest BCUT2D eigenvalue weighted by Crippen LogP contribution is -2.57. The topological polar surface area (TPSA) is 67.2 Å². The number of benzene rings is 1. The monoisotopic (exact) mass is 375 g/mol. The molecule has 0 aliphatic carbocycles. The van der Waals surface area contributed by atoms with Crippen molar-refractivity contribution in [1.29, 1.82) is 0 Å². The van der Waals surface area contributed by atoms with Crippen LogP contribution in [0.25, 0.3) is 0 Å². The van der Waals surface area contributed by atoms with Gasteiger partial charge in [0.15, 0.2) is 0 Å². The fraction of sp³-hybridized carbons (Fsp3) is 0.667. The lowest BCUT2D eigenvalue weighted by atomic mass is 9.86. The van der Waals surface area contributed by atoms with Gasteiger partial charge in [0.25, 0.3) is 0 Å². The Kier molecular flexibility index (Phi) is 7.10. The number of nitrogens with zero attached hydrogens (tertiary/aromatic N) is 3. The van der Waals surface area contributed by atoms with E-state index in [1.165, 1.54) is 0 Å². The zero-order valence-corrected chi connectivity index (χ0v) is 16.4. The summed E-state index contributed by atoms with van der Waals surface area (Å²) in [4.78, 5) is 19.8. The summed E-state index contributed by atoms with van der Waals surface area (Å²) in [6.07, 6.45) is 3.17. The fourth-order valence-corrected chi connectivity index (χ4v) is 4.42. The number of phenolic OH excluding ortho intramolecular Hbond substituents is 1. The van der Waals surface area contributed by atoms with Crippen molar-refractivity contribution in [2.75, 3.05) is 52.9 Å². The van der Waals surface area contributed by atoms with Crippen molar-refractivity contribution in [2.24, 2.45) is 5.92 Å². The van der Waals surface area contributed by atoms with Gasteiger partial charge in [0.2, 0.25) is 5.91 Å². The number of likely N-dealkylation sites (tertiary alicyclic amines) is 1. The highest BCUT2D eigenvalue weighted by Gasteiger charge is 2.35. The minimum absolute atomic E-state index is 0.159. The number of likely N-dealkylation sites (N-methyl/N-ethyl adjacent to an activating group) is 1. The molecule has 2 aliphatic heterocycles. The zero-order valence-electron chi connectivity index (χ0n) is 16.4. The van der Waals surface area contributed by atoms with Crippen LogP contribution < -0.4 is 0 Å². The predicted octanol–water partition coefficient (Wildman–Crippen LogP) is 1.17. The molecule has 6 heteroatoms. The van der Waals surface area contributed by atoms with E-state index >= 15 is 0 Å². The van der Waals surface area contributed by atoms with Crippen molar-refractivity contribution in [3.8, 4) is 5.75 Å². The summed E-state index contributed by atoms with van der Waals surface area (Å²) in [6.45, 7) is 6.21. The normalized spacial score (nSPS) is 24.9. The van der Waals surface area contributed by atoms with Gasteiger partial charge in [0.1, 0.15) is 5.75 Å². The third-order valence-electron chi connectivity index (χ3n) is 6.08. The van der Waals surface area contributed by atoms with Crippen molar-refractivity contribution in [2.45, 2.75) is 31.7 Å². The van der Waals surface area contributed by atoms with E-state index in [1.807, 2.05) is 17.0 Å². The minimum atomic E-state index is 0.159. The molecule has 1 aromatic carbocycles. The highest BCUT2D eigenvalue weighted by Crippen LogP contribution is 2.27. The molecule has 0 aromatic heterocycles. The van der Waals surface area contributed by atoms with Gasteiger partial charge in [-0.3, -0.25) is 9.69 Å². The molecule has 0 spiro atoms. The first kappa shape index (κ1) is 20.1. The van der Waals surface area contributed by atoms with E-state index in [1.54, 1.807) is 12.1 Å². The molecular weight excluding hydrogens is 342 g/mol. The largest absolute Gasteiger partial charge is 0.508 e. The van der Waals surface area contributed by atoms with Gasteiger partial charge in [-0.2, -0.15) is 0 Å². The van der Waals surface area contributed by atoms with E-state index in [4.69, 9.17) is 0 Å². The van der Waals surface area contributed by atoms with Crippen LogP contribution >= 0.6 is 0 Å². The van der Waals surface area contributed by atoms with E-state index in [9.17, 15) is 15.0 Å². The van der Waals surface area contributed by atoms with Crippen molar-refractivity contribution in [1.82, 2.24) is 14.7 Å². The Labute approximate surface area is 162 Å². The van der Waals surface area contributed by atoms with Gasteiger partial charge in [0.05, 0.1) is 6.42 Å². The Morgan fingerprint density at radius 2 is 1.81 bits per heavy atom. The summed E-state index contributed by atoms with van der Waals surface area (Å²) in [5.74, 6) is 0.813. The van der Waals surface area contributed by atoms with Crippen LogP contribution in [0.4, 0.5) is 0 Å². The Balaban J connectivity index is 1.60. The number of phenols is 1. The lowest BCUT2D eigenvalue weighted by Gasteiger charge is -2.46. The van der Waals surface area contributed by atoms with Crippen molar-refractivity contribution < 1.29 is 15.0 Å². The van der Waals surface area contributed by atoms with E-state index in [0.717, 1.165) is 64.1 Å². The third-order valence-corrected chi connectivity index (χ3v) is 6.08. The number of amides is 1. The number of hydrogen-bond acceptors (Lipinski definition) is 5. The van der Waals surface area contributed by atoms with Crippen LogP contribution in [0.3, 0.4) is 0 Å². The number of piperazine rings is 1. The quantitative estimate of drug-likeness (QED) is 0.781.